The van der Waals surface area contributed by atoms with Crippen LogP contribution in [0.1, 0.15) is 19.8 Å². The number of likely N-dealkylation sites (tertiary alicyclic amines) is 1. The zero-order chi connectivity index (χ0) is 20.8. The molecule has 1 saturated heterocycles. The van der Waals surface area contributed by atoms with Crippen LogP contribution in [0.3, 0.4) is 0 Å². The molecule has 8 heteroatoms. The Labute approximate surface area is 175 Å². The number of carbonyl (C=O) groups excluding carboxylic acids is 1. The fraction of sp³-hybridized carbons (Fsp3) is 0.381. The van der Waals surface area contributed by atoms with Gasteiger partial charge in [-0.15, -0.1) is 11.8 Å². The number of benzene rings is 2. The minimum Gasteiger partial charge on any atom is -0.381 e. The molecule has 2 aromatic carbocycles. The fourth-order valence-electron chi connectivity index (χ4n) is 3.23. The highest BCUT2D eigenvalue weighted by Gasteiger charge is 2.19. The second-order valence-electron chi connectivity index (χ2n) is 7.27. The molecule has 0 radical (unpaired) electrons. The van der Waals surface area contributed by atoms with Crippen LogP contribution < -0.4 is 10.6 Å². The highest BCUT2D eigenvalue weighted by Crippen LogP contribution is 2.28. The van der Waals surface area contributed by atoms with E-state index in [0.29, 0.717) is 6.04 Å². The monoisotopic (exact) mass is 414 g/mol. The number of nitrogens with zero attached hydrogens (tertiary/aromatic N) is 2. The lowest BCUT2D eigenvalue weighted by molar-refractivity contribution is -0.384. The standard InChI is InChI=1S/C21H26N4O3S/c1-15(29-18-9-7-17(8-10-18)25(27)28)21(26)23-20-6-4-3-5-19(20)22-16-11-13-24(2)14-12-16/h3-10,15-16,22H,11-14H2,1-2H3,(H,23,26)/t15-/m0/s1. The Kier molecular flexibility index (Phi) is 7.11. The molecule has 0 bridgehead atoms. The first-order chi connectivity index (χ1) is 13.9. The van der Waals surface area contributed by atoms with Crippen molar-refractivity contribution >= 4 is 34.7 Å². The maximum atomic E-state index is 12.7. The summed E-state index contributed by atoms with van der Waals surface area (Å²) in [5, 5.41) is 17.0. The number of hydrogen-bond donors (Lipinski definition) is 2. The molecule has 1 fully saturated rings. The van der Waals surface area contributed by atoms with Gasteiger partial charge >= 0.3 is 0 Å². The molecule has 2 N–H and O–H groups in total. The van der Waals surface area contributed by atoms with Crippen molar-refractivity contribution in [1.82, 2.24) is 4.90 Å². The van der Waals surface area contributed by atoms with Gasteiger partial charge in [-0.2, -0.15) is 0 Å². The lowest BCUT2D eigenvalue weighted by atomic mass is 10.0. The van der Waals surface area contributed by atoms with Crippen molar-refractivity contribution in [1.29, 1.82) is 0 Å². The van der Waals surface area contributed by atoms with Gasteiger partial charge in [0.15, 0.2) is 0 Å². The first-order valence-electron chi connectivity index (χ1n) is 9.68. The molecule has 2 aromatic rings. The number of anilines is 2. The quantitative estimate of drug-likeness (QED) is 0.401. The van der Waals surface area contributed by atoms with Gasteiger partial charge in [-0.05, 0) is 64.2 Å². The molecule has 1 aliphatic heterocycles. The SMILES string of the molecule is C[C@H](Sc1ccc([N+](=O)[O-])cc1)C(=O)Nc1ccccc1NC1CCN(C)CC1. The Morgan fingerprint density at radius 1 is 1.14 bits per heavy atom. The van der Waals surface area contributed by atoms with Gasteiger partial charge in [0.2, 0.25) is 5.91 Å². The van der Waals surface area contributed by atoms with Crippen LogP contribution in [0.5, 0.6) is 0 Å². The molecule has 1 atom stereocenters. The molecule has 7 nitrogen and oxygen atoms in total. The fourth-order valence-corrected chi connectivity index (χ4v) is 4.10. The lowest BCUT2D eigenvalue weighted by Gasteiger charge is -2.30. The molecule has 0 aromatic heterocycles. The molecule has 0 aliphatic carbocycles. The largest absolute Gasteiger partial charge is 0.381 e. The van der Waals surface area contributed by atoms with E-state index in [-0.39, 0.29) is 16.8 Å². The number of rotatable bonds is 7. The van der Waals surface area contributed by atoms with Crippen molar-refractivity contribution in [3.8, 4) is 0 Å². The molecule has 29 heavy (non-hydrogen) atoms. The summed E-state index contributed by atoms with van der Waals surface area (Å²) in [6.45, 7) is 3.96. The van der Waals surface area contributed by atoms with Crippen LogP contribution in [0.2, 0.25) is 0 Å². The number of nitro groups is 1. The van der Waals surface area contributed by atoms with Crippen molar-refractivity contribution in [3.63, 3.8) is 0 Å². The molecule has 1 amide bonds. The number of piperidine rings is 1. The Balaban J connectivity index is 1.60. The van der Waals surface area contributed by atoms with Crippen molar-refractivity contribution in [2.24, 2.45) is 0 Å². The van der Waals surface area contributed by atoms with Crippen molar-refractivity contribution in [2.75, 3.05) is 30.8 Å². The van der Waals surface area contributed by atoms with E-state index in [2.05, 4.69) is 22.6 Å². The molecule has 0 spiro atoms. The van der Waals surface area contributed by atoms with Crippen LogP contribution >= 0.6 is 11.8 Å². The van der Waals surface area contributed by atoms with Gasteiger partial charge in [0.25, 0.3) is 5.69 Å². The zero-order valence-electron chi connectivity index (χ0n) is 16.6. The highest BCUT2D eigenvalue weighted by atomic mass is 32.2. The average Bonchev–Trinajstić information content (AvgIpc) is 2.71. The Bertz CT molecular complexity index is 851. The summed E-state index contributed by atoms with van der Waals surface area (Å²) >= 11 is 1.37. The van der Waals surface area contributed by atoms with E-state index in [1.165, 1.54) is 23.9 Å². The van der Waals surface area contributed by atoms with Crippen LogP contribution in [-0.2, 0) is 4.79 Å². The number of para-hydroxylation sites is 2. The summed E-state index contributed by atoms with van der Waals surface area (Å²) in [4.78, 5) is 26.2. The van der Waals surface area contributed by atoms with Gasteiger partial charge < -0.3 is 15.5 Å². The van der Waals surface area contributed by atoms with Crippen LogP contribution in [-0.4, -0.2) is 47.2 Å². The van der Waals surface area contributed by atoms with E-state index < -0.39 is 4.92 Å². The van der Waals surface area contributed by atoms with Gasteiger partial charge in [0.05, 0.1) is 21.5 Å². The normalized spacial score (nSPS) is 16.2. The van der Waals surface area contributed by atoms with Gasteiger partial charge in [-0.3, -0.25) is 14.9 Å². The first-order valence-corrected chi connectivity index (χ1v) is 10.6. The van der Waals surface area contributed by atoms with E-state index in [0.717, 1.165) is 42.2 Å². The maximum Gasteiger partial charge on any atom is 0.269 e. The molecule has 0 saturated carbocycles. The number of nitro benzene ring substituents is 1. The number of carbonyl (C=O) groups is 1. The molecule has 3 rings (SSSR count). The second kappa shape index (κ2) is 9.76. The average molecular weight is 415 g/mol. The van der Waals surface area contributed by atoms with Crippen molar-refractivity contribution < 1.29 is 9.72 Å². The summed E-state index contributed by atoms with van der Waals surface area (Å²) in [7, 11) is 2.13. The van der Waals surface area contributed by atoms with Gasteiger partial charge in [-0.25, -0.2) is 0 Å². The third-order valence-corrected chi connectivity index (χ3v) is 6.10. The predicted octanol–water partition coefficient (Wildman–Crippen LogP) is 4.22. The number of nitrogens with one attached hydrogen (secondary N) is 2. The molecular formula is C21H26N4O3S. The molecule has 0 unspecified atom stereocenters. The topological polar surface area (TPSA) is 87.5 Å². The number of thioether (sulfide) groups is 1. The van der Waals surface area contributed by atoms with Crippen LogP contribution in [0, 0.1) is 10.1 Å². The third kappa shape index (κ3) is 5.95. The minimum atomic E-state index is -0.432. The first kappa shape index (κ1) is 21.1. The minimum absolute atomic E-state index is 0.0420. The molecule has 1 heterocycles. The Morgan fingerprint density at radius 3 is 2.38 bits per heavy atom. The summed E-state index contributed by atoms with van der Waals surface area (Å²) in [5.74, 6) is -0.106. The predicted molar refractivity (Wildman–Crippen MR) is 118 cm³/mol. The molecule has 1 aliphatic rings. The van der Waals surface area contributed by atoms with Crippen molar-refractivity contribution in [3.05, 3.63) is 58.6 Å². The zero-order valence-corrected chi connectivity index (χ0v) is 17.4. The van der Waals surface area contributed by atoms with Crippen LogP contribution in [0.4, 0.5) is 17.1 Å². The third-order valence-electron chi connectivity index (χ3n) is 4.99. The van der Waals surface area contributed by atoms with E-state index in [1.54, 1.807) is 12.1 Å². The van der Waals surface area contributed by atoms with E-state index in [1.807, 2.05) is 31.2 Å². The summed E-state index contributed by atoms with van der Waals surface area (Å²) in [5.41, 5.74) is 1.75. The summed E-state index contributed by atoms with van der Waals surface area (Å²) < 4.78 is 0. The number of hydrogen-bond acceptors (Lipinski definition) is 6. The smallest absolute Gasteiger partial charge is 0.269 e. The van der Waals surface area contributed by atoms with Crippen molar-refractivity contribution in [2.45, 2.75) is 36.0 Å². The van der Waals surface area contributed by atoms with E-state index >= 15 is 0 Å². The lowest BCUT2D eigenvalue weighted by Crippen LogP contribution is -2.37. The number of non-ortho nitro benzene ring substituents is 1. The van der Waals surface area contributed by atoms with Crippen LogP contribution in [0.15, 0.2) is 53.4 Å². The Hall–Kier alpha value is -2.58. The molecule has 154 valence electrons. The summed E-state index contributed by atoms with van der Waals surface area (Å²) in [6, 6.07) is 14.4. The van der Waals surface area contributed by atoms with E-state index in [4.69, 9.17) is 0 Å². The maximum absolute atomic E-state index is 12.7. The van der Waals surface area contributed by atoms with Gasteiger partial charge in [0.1, 0.15) is 0 Å². The highest BCUT2D eigenvalue weighted by molar-refractivity contribution is 8.00. The molecular weight excluding hydrogens is 388 g/mol. The second-order valence-corrected chi connectivity index (χ2v) is 8.68. The summed E-state index contributed by atoms with van der Waals surface area (Å²) in [6.07, 6.45) is 2.15. The van der Waals surface area contributed by atoms with Gasteiger partial charge in [-0.1, -0.05) is 12.1 Å². The van der Waals surface area contributed by atoms with Gasteiger partial charge in [0, 0.05) is 23.1 Å². The van der Waals surface area contributed by atoms with E-state index in [9.17, 15) is 14.9 Å². The number of amides is 1. The Morgan fingerprint density at radius 2 is 1.76 bits per heavy atom. The van der Waals surface area contributed by atoms with Crippen LogP contribution in [0.25, 0.3) is 0 Å².